The van der Waals surface area contributed by atoms with Crippen LogP contribution >= 0.6 is 11.8 Å². The summed E-state index contributed by atoms with van der Waals surface area (Å²) in [5, 5.41) is 2.19. The third-order valence-electron chi connectivity index (χ3n) is 3.38. The van der Waals surface area contributed by atoms with Crippen LogP contribution in [-0.4, -0.2) is 24.4 Å². The highest BCUT2D eigenvalue weighted by molar-refractivity contribution is 8.00. The van der Waals surface area contributed by atoms with Crippen LogP contribution in [0.3, 0.4) is 0 Å². The first kappa shape index (κ1) is 16.6. The zero-order chi connectivity index (χ0) is 17.1. The molecule has 3 rings (SSSR count). The lowest BCUT2D eigenvalue weighted by Crippen LogP contribution is -2.23. The summed E-state index contributed by atoms with van der Waals surface area (Å²) < 4.78 is 37.5. The van der Waals surface area contributed by atoms with Crippen molar-refractivity contribution in [3.05, 3.63) is 48.0 Å². The third-order valence-corrected chi connectivity index (χ3v) is 4.53. The fourth-order valence-corrected chi connectivity index (χ4v) is 3.04. The van der Waals surface area contributed by atoms with Gasteiger partial charge in [-0.3, -0.25) is 4.79 Å². The van der Waals surface area contributed by atoms with E-state index in [1.165, 1.54) is 6.07 Å². The lowest BCUT2D eigenvalue weighted by Gasteiger charge is -2.19. The molecule has 0 radical (unpaired) electrons. The molecule has 0 spiro atoms. The largest absolute Gasteiger partial charge is 0.486 e. The molecule has 1 aliphatic heterocycles. The molecule has 1 N–H and O–H groups in total. The van der Waals surface area contributed by atoms with Gasteiger partial charge in [-0.05, 0) is 31.2 Å². The number of nitrogens with one attached hydrogen (secondary N) is 1. The first-order valence-electron chi connectivity index (χ1n) is 7.35. The average molecular weight is 351 g/mol. The Bertz CT molecular complexity index is 769. The molecule has 24 heavy (non-hydrogen) atoms. The van der Waals surface area contributed by atoms with E-state index in [1.807, 2.05) is 0 Å². The Morgan fingerprint density at radius 2 is 1.88 bits per heavy atom. The summed E-state index contributed by atoms with van der Waals surface area (Å²) in [6, 6.07) is 8.40. The molecule has 2 aromatic rings. The zero-order valence-corrected chi connectivity index (χ0v) is 13.7. The van der Waals surface area contributed by atoms with Gasteiger partial charge >= 0.3 is 0 Å². The van der Waals surface area contributed by atoms with Gasteiger partial charge in [0.2, 0.25) is 5.91 Å². The Kier molecular flexibility index (Phi) is 4.89. The summed E-state index contributed by atoms with van der Waals surface area (Å²) in [6.45, 7) is 2.61. The van der Waals surface area contributed by atoms with Gasteiger partial charge in [-0.1, -0.05) is 0 Å². The van der Waals surface area contributed by atoms with Gasteiger partial charge in [0, 0.05) is 22.7 Å². The van der Waals surface area contributed by atoms with Crippen LogP contribution in [0.2, 0.25) is 0 Å². The summed E-state index contributed by atoms with van der Waals surface area (Å²) >= 11 is 1.03. The molecule has 2 aromatic carbocycles. The van der Waals surface area contributed by atoms with Crippen molar-refractivity contribution in [2.24, 2.45) is 0 Å². The fraction of sp³-hybridized carbons (Fsp3) is 0.235. The average Bonchev–Trinajstić information content (AvgIpc) is 2.57. The summed E-state index contributed by atoms with van der Waals surface area (Å²) in [4.78, 5) is 12.5. The minimum atomic E-state index is -0.682. The highest BCUT2D eigenvalue weighted by Gasteiger charge is 2.18. The van der Waals surface area contributed by atoms with Crippen molar-refractivity contribution >= 4 is 23.4 Å². The van der Waals surface area contributed by atoms with Crippen LogP contribution < -0.4 is 14.8 Å². The third kappa shape index (κ3) is 3.79. The number of hydrogen-bond donors (Lipinski definition) is 1. The first-order valence-corrected chi connectivity index (χ1v) is 8.23. The van der Waals surface area contributed by atoms with Gasteiger partial charge in [-0.2, -0.15) is 0 Å². The fourth-order valence-electron chi connectivity index (χ4n) is 2.18. The van der Waals surface area contributed by atoms with E-state index in [2.05, 4.69) is 5.32 Å². The number of benzene rings is 2. The SMILES string of the molecule is C[C@@H](Sc1ccc(F)cc1F)C(=O)Nc1ccc2c(c1)OCCO2. The Morgan fingerprint density at radius 1 is 1.12 bits per heavy atom. The minimum Gasteiger partial charge on any atom is -0.486 e. The quantitative estimate of drug-likeness (QED) is 0.850. The smallest absolute Gasteiger partial charge is 0.237 e. The Morgan fingerprint density at radius 3 is 2.62 bits per heavy atom. The number of anilines is 1. The lowest BCUT2D eigenvalue weighted by molar-refractivity contribution is -0.115. The normalized spacial score (nSPS) is 14.1. The second-order valence-corrected chi connectivity index (χ2v) is 6.57. The molecule has 0 unspecified atom stereocenters. The molecule has 0 saturated heterocycles. The molecular formula is C17H15F2NO3S. The van der Waals surface area contributed by atoms with Crippen LogP contribution in [0.5, 0.6) is 11.5 Å². The molecular weight excluding hydrogens is 336 g/mol. The van der Waals surface area contributed by atoms with Crippen LogP contribution in [-0.2, 0) is 4.79 Å². The van der Waals surface area contributed by atoms with E-state index >= 15 is 0 Å². The van der Waals surface area contributed by atoms with E-state index in [1.54, 1.807) is 25.1 Å². The summed E-state index contributed by atoms with van der Waals surface area (Å²) in [5.41, 5.74) is 0.566. The Labute approximate surface area is 142 Å². The molecule has 1 amide bonds. The lowest BCUT2D eigenvalue weighted by atomic mass is 10.2. The molecule has 0 aliphatic carbocycles. The van der Waals surface area contributed by atoms with Gasteiger partial charge in [0.05, 0.1) is 5.25 Å². The zero-order valence-electron chi connectivity index (χ0n) is 12.8. The van der Waals surface area contributed by atoms with E-state index in [4.69, 9.17) is 9.47 Å². The second kappa shape index (κ2) is 7.09. The predicted molar refractivity (Wildman–Crippen MR) is 87.7 cm³/mol. The molecule has 1 heterocycles. The van der Waals surface area contributed by atoms with Crippen LogP contribution in [0.1, 0.15) is 6.92 Å². The van der Waals surface area contributed by atoms with Crippen molar-refractivity contribution in [3.8, 4) is 11.5 Å². The number of fused-ring (bicyclic) bond motifs is 1. The Hall–Kier alpha value is -2.28. The number of carbonyl (C=O) groups is 1. The highest BCUT2D eigenvalue weighted by Crippen LogP contribution is 2.33. The van der Waals surface area contributed by atoms with E-state index in [9.17, 15) is 13.6 Å². The number of carbonyl (C=O) groups excluding carboxylic acids is 1. The number of thioether (sulfide) groups is 1. The number of hydrogen-bond acceptors (Lipinski definition) is 4. The van der Waals surface area contributed by atoms with E-state index in [0.29, 0.717) is 30.4 Å². The molecule has 4 nitrogen and oxygen atoms in total. The van der Waals surface area contributed by atoms with Crippen LogP contribution in [0.4, 0.5) is 14.5 Å². The molecule has 0 saturated carbocycles. The van der Waals surface area contributed by atoms with Gasteiger partial charge in [-0.15, -0.1) is 11.8 Å². The number of rotatable bonds is 4. The standard InChI is InChI=1S/C17H15F2NO3S/c1-10(24-16-5-2-11(18)8-13(16)19)17(21)20-12-3-4-14-15(9-12)23-7-6-22-14/h2-5,8-10H,6-7H2,1H3,(H,20,21)/t10-/m1/s1. The van der Waals surface area contributed by atoms with Crippen molar-refractivity contribution in [1.29, 1.82) is 0 Å². The molecule has 1 atom stereocenters. The minimum absolute atomic E-state index is 0.223. The van der Waals surface area contributed by atoms with Crippen LogP contribution in [0, 0.1) is 11.6 Å². The van der Waals surface area contributed by atoms with Gasteiger partial charge in [0.1, 0.15) is 24.8 Å². The molecule has 0 fully saturated rings. The van der Waals surface area contributed by atoms with Crippen molar-refractivity contribution in [1.82, 2.24) is 0 Å². The second-order valence-electron chi connectivity index (χ2n) is 5.18. The maximum atomic E-state index is 13.7. The van der Waals surface area contributed by atoms with Gasteiger partial charge in [0.15, 0.2) is 11.5 Å². The topological polar surface area (TPSA) is 47.6 Å². The summed E-state index contributed by atoms with van der Waals surface area (Å²) in [5.74, 6) is -0.413. The van der Waals surface area contributed by atoms with Crippen molar-refractivity contribution < 1.29 is 23.0 Å². The van der Waals surface area contributed by atoms with Crippen molar-refractivity contribution in [2.75, 3.05) is 18.5 Å². The maximum Gasteiger partial charge on any atom is 0.237 e. The monoisotopic (exact) mass is 351 g/mol. The molecule has 7 heteroatoms. The van der Waals surface area contributed by atoms with Crippen molar-refractivity contribution in [3.63, 3.8) is 0 Å². The molecule has 0 bridgehead atoms. The van der Waals surface area contributed by atoms with Gasteiger partial charge < -0.3 is 14.8 Å². The molecule has 126 valence electrons. The van der Waals surface area contributed by atoms with E-state index < -0.39 is 16.9 Å². The predicted octanol–water partition coefficient (Wildman–Crippen LogP) is 3.86. The van der Waals surface area contributed by atoms with Crippen LogP contribution in [0.25, 0.3) is 0 Å². The highest BCUT2D eigenvalue weighted by atomic mass is 32.2. The summed E-state index contributed by atoms with van der Waals surface area (Å²) in [7, 11) is 0. The van der Waals surface area contributed by atoms with E-state index in [-0.39, 0.29) is 10.8 Å². The number of ether oxygens (including phenoxy) is 2. The van der Waals surface area contributed by atoms with Gasteiger partial charge in [-0.25, -0.2) is 8.78 Å². The van der Waals surface area contributed by atoms with E-state index in [0.717, 1.165) is 23.9 Å². The summed E-state index contributed by atoms with van der Waals surface area (Å²) in [6.07, 6.45) is 0. The molecule has 1 aliphatic rings. The van der Waals surface area contributed by atoms with Gasteiger partial charge in [0.25, 0.3) is 0 Å². The number of amides is 1. The number of halogens is 2. The Balaban J connectivity index is 1.65. The maximum absolute atomic E-state index is 13.7. The van der Waals surface area contributed by atoms with Crippen molar-refractivity contribution in [2.45, 2.75) is 17.1 Å². The van der Waals surface area contributed by atoms with Crippen LogP contribution in [0.15, 0.2) is 41.3 Å². The first-order chi connectivity index (χ1) is 11.5. The molecule has 0 aromatic heterocycles.